The minimum atomic E-state index is -0.0747. The Labute approximate surface area is 192 Å². The number of carbonyl (C=O) groups excluding carboxylic acids is 2. The molecule has 0 bridgehead atoms. The highest BCUT2D eigenvalue weighted by Crippen LogP contribution is 2.28. The van der Waals surface area contributed by atoms with E-state index in [2.05, 4.69) is 34.3 Å². The molecule has 2 N–H and O–H groups in total. The Morgan fingerprint density at radius 3 is 2.53 bits per heavy atom. The van der Waals surface area contributed by atoms with Gasteiger partial charge in [0, 0.05) is 56.6 Å². The van der Waals surface area contributed by atoms with Crippen LogP contribution in [-0.4, -0.2) is 69.2 Å². The molecule has 2 fully saturated rings. The second kappa shape index (κ2) is 12.8. The second-order valence-corrected chi connectivity index (χ2v) is 8.87. The van der Waals surface area contributed by atoms with Crippen LogP contribution >= 0.6 is 0 Å². The molecule has 1 aromatic rings. The fourth-order valence-corrected chi connectivity index (χ4v) is 4.49. The first-order chi connectivity index (χ1) is 15.6. The zero-order valence-corrected chi connectivity index (χ0v) is 19.8. The van der Waals surface area contributed by atoms with Crippen molar-refractivity contribution in [2.45, 2.75) is 52.4 Å². The molecule has 2 amide bonds. The van der Waals surface area contributed by atoms with Crippen LogP contribution in [0.25, 0.3) is 0 Å². The maximum atomic E-state index is 13.1. The number of amides is 2. The normalized spacial score (nSPS) is 17.9. The van der Waals surface area contributed by atoms with Crippen molar-refractivity contribution in [2.75, 3.05) is 62.7 Å². The number of anilines is 2. The Morgan fingerprint density at radius 1 is 1.09 bits per heavy atom. The first-order valence-corrected chi connectivity index (χ1v) is 12.4. The number of benzene rings is 1. The molecule has 0 saturated carbocycles. The fraction of sp³-hybridized carbons (Fsp3) is 0.680. The van der Waals surface area contributed by atoms with Gasteiger partial charge < -0.3 is 20.3 Å². The van der Waals surface area contributed by atoms with Crippen molar-refractivity contribution in [3.63, 3.8) is 0 Å². The van der Waals surface area contributed by atoms with Crippen LogP contribution in [0.4, 0.5) is 11.4 Å². The topological polar surface area (TPSA) is 73.9 Å². The van der Waals surface area contributed by atoms with Crippen LogP contribution < -0.4 is 15.5 Å². The number of carbonyl (C=O) groups is 2. The number of nitrogens with zero attached hydrogens (tertiary/aromatic N) is 2. The summed E-state index contributed by atoms with van der Waals surface area (Å²) in [6.07, 6.45) is 6.16. The summed E-state index contributed by atoms with van der Waals surface area (Å²) >= 11 is 0. The number of unbranched alkanes of at least 4 members (excludes halogenated alkanes) is 1. The van der Waals surface area contributed by atoms with E-state index < -0.39 is 0 Å². The van der Waals surface area contributed by atoms with Gasteiger partial charge in [-0.25, -0.2) is 0 Å². The third-order valence-corrected chi connectivity index (χ3v) is 6.54. The van der Waals surface area contributed by atoms with E-state index in [0.717, 1.165) is 90.1 Å². The van der Waals surface area contributed by atoms with Gasteiger partial charge in [0.15, 0.2) is 0 Å². The summed E-state index contributed by atoms with van der Waals surface area (Å²) in [4.78, 5) is 30.5. The third kappa shape index (κ3) is 6.94. The van der Waals surface area contributed by atoms with Crippen molar-refractivity contribution < 1.29 is 14.3 Å². The second-order valence-electron chi connectivity index (χ2n) is 8.87. The summed E-state index contributed by atoms with van der Waals surface area (Å²) in [6.45, 7) is 10.9. The van der Waals surface area contributed by atoms with Gasteiger partial charge in [0.1, 0.15) is 0 Å². The number of ether oxygens (including phenoxy) is 1. The molecule has 1 atom stereocenters. The van der Waals surface area contributed by atoms with Crippen molar-refractivity contribution >= 4 is 23.2 Å². The first kappa shape index (κ1) is 24.5. The van der Waals surface area contributed by atoms with Crippen molar-refractivity contribution in [3.05, 3.63) is 23.8 Å². The monoisotopic (exact) mass is 444 g/mol. The van der Waals surface area contributed by atoms with E-state index in [1.807, 2.05) is 18.2 Å². The molecule has 178 valence electrons. The minimum absolute atomic E-state index is 0.0130. The van der Waals surface area contributed by atoms with Gasteiger partial charge in [0.2, 0.25) is 5.91 Å². The molecule has 0 spiro atoms. The van der Waals surface area contributed by atoms with E-state index in [-0.39, 0.29) is 17.7 Å². The maximum Gasteiger partial charge on any atom is 0.253 e. The zero-order chi connectivity index (χ0) is 22.8. The molecule has 2 heterocycles. The van der Waals surface area contributed by atoms with Gasteiger partial charge in [-0.15, -0.1) is 0 Å². The Hall–Kier alpha value is -2.12. The molecule has 32 heavy (non-hydrogen) atoms. The number of morpholine rings is 1. The highest BCUT2D eigenvalue weighted by atomic mass is 16.5. The molecule has 0 radical (unpaired) electrons. The van der Waals surface area contributed by atoms with Crippen LogP contribution in [0.2, 0.25) is 0 Å². The predicted octanol–water partition coefficient (Wildman–Crippen LogP) is 3.50. The van der Waals surface area contributed by atoms with Crippen molar-refractivity contribution in [1.29, 1.82) is 0 Å². The molecule has 2 saturated heterocycles. The lowest BCUT2D eigenvalue weighted by Crippen LogP contribution is -2.41. The van der Waals surface area contributed by atoms with Crippen molar-refractivity contribution in [2.24, 2.45) is 5.92 Å². The molecule has 0 aliphatic carbocycles. The van der Waals surface area contributed by atoms with Gasteiger partial charge >= 0.3 is 0 Å². The van der Waals surface area contributed by atoms with Crippen molar-refractivity contribution in [3.8, 4) is 0 Å². The molecule has 1 aromatic carbocycles. The predicted molar refractivity (Wildman–Crippen MR) is 129 cm³/mol. The third-order valence-electron chi connectivity index (χ3n) is 6.54. The van der Waals surface area contributed by atoms with Crippen molar-refractivity contribution in [1.82, 2.24) is 10.2 Å². The van der Waals surface area contributed by atoms with Gasteiger partial charge in [-0.3, -0.25) is 14.5 Å². The quantitative estimate of drug-likeness (QED) is 0.546. The zero-order valence-electron chi connectivity index (χ0n) is 19.8. The van der Waals surface area contributed by atoms with Crippen LogP contribution in [0, 0.1) is 5.92 Å². The smallest absolute Gasteiger partial charge is 0.253 e. The van der Waals surface area contributed by atoms with E-state index in [1.165, 1.54) is 0 Å². The molecule has 7 nitrogen and oxygen atoms in total. The first-order valence-electron chi connectivity index (χ1n) is 12.4. The fourth-order valence-electron chi connectivity index (χ4n) is 4.49. The molecule has 2 aliphatic rings. The van der Waals surface area contributed by atoms with Gasteiger partial charge in [-0.05, 0) is 43.9 Å². The summed E-state index contributed by atoms with van der Waals surface area (Å²) in [6, 6.07) is 5.77. The minimum Gasteiger partial charge on any atom is -0.379 e. The summed E-state index contributed by atoms with van der Waals surface area (Å²) in [5.41, 5.74) is 2.31. The highest BCUT2D eigenvalue weighted by Gasteiger charge is 2.22. The Bertz CT molecular complexity index is 743. The highest BCUT2D eigenvalue weighted by molar-refractivity contribution is 6.02. The van der Waals surface area contributed by atoms with Gasteiger partial charge in [-0.2, -0.15) is 0 Å². The average Bonchev–Trinajstić information content (AvgIpc) is 3.35. The number of hydrogen-bond donors (Lipinski definition) is 2. The van der Waals surface area contributed by atoms with Crippen LogP contribution in [0.3, 0.4) is 0 Å². The van der Waals surface area contributed by atoms with E-state index in [9.17, 15) is 9.59 Å². The summed E-state index contributed by atoms with van der Waals surface area (Å²) < 4.78 is 5.39. The van der Waals surface area contributed by atoms with E-state index in [1.54, 1.807) is 0 Å². The number of nitrogens with one attached hydrogen (secondary N) is 2. The molecule has 3 rings (SSSR count). The van der Waals surface area contributed by atoms with E-state index in [4.69, 9.17) is 4.74 Å². The Kier molecular flexibility index (Phi) is 9.81. The molecular formula is C25H40N4O3. The van der Waals surface area contributed by atoms with E-state index in [0.29, 0.717) is 17.8 Å². The maximum absolute atomic E-state index is 13.1. The van der Waals surface area contributed by atoms with Crippen LogP contribution in [0.1, 0.15) is 62.7 Å². The van der Waals surface area contributed by atoms with Gasteiger partial charge in [-0.1, -0.05) is 26.7 Å². The molecule has 7 heteroatoms. The van der Waals surface area contributed by atoms with Gasteiger partial charge in [0.05, 0.1) is 18.8 Å². The van der Waals surface area contributed by atoms with Crippen LogP contribution in [0.15, 0.2) is 18.2 Å². The number of hydrogen-bond acceptors (Lipinski definition) is 5. The lowest BCUT2D eigenvalue weighted by Gasteiger charge is -2.26. The molecule has 2 aliphatic heterocycles. The lowest BCUT2D eigenvalue weighted by molar-refractivity contribution is -0.120. The largest absolute Gasteiger partial charge is 0.379 e. The Balaban J connectivity index is 1.68. The van der Waals surface area contributed by atoms with Crippen LogP contribution in [-0.2, 0) is 9.53 Å². The average molecular weight is 445 g/mol. The van der Waals surface area contributed by atoms with Crippen LogP contribution in [0.5, 0.6) is 0 Å². The summed E-state index contributed by atoms with van der Waals surface area (Å²) in [7, 11) is 0. The SMILES string of the molecule is CCCCC(CC)C(=O)Nc1ccc(N2CCCC2)c(C(=O)NCCN2CCOCC2)c1. The lowest BCUT2D eigenvalue weighted by atomic mass is 9.98. The standard InChI is InChI=1S/C25H40N4O3/c1-3-5-8-20(4-2)24(30)27-21-9-10-23(29-12-6-7-13-29)22(19-21)25(31)26-11-14-28-15-17-32-18-16-28/h9-10,19-20H,3-8,11-18H2,1-2H3,(H,26,31)(H,27,30). The van der Waals surface area contributed by atoms with Gasteiger partial charge in [0.25, 0.3) is 5.91 Å². The molecular weight excluding hydrogens is 404 g/mol. The molecule has 0 aromatic heterocycles. The van der Waals surface area contributed by atoms with E-state index >= 15 is 0 Å². The molecule has 1 unspecified atom stereocenters. The summed E-state index contributed by atoms with van der Waals surface area (Å²) in [5.74, 6) is -0.0122. The number of rotatable bonds is 11. The summed E-state index contributed by atoms with van der Waals surface area (Å²) in [5, 5.41) is 6.15. The Morgan fingerprint density at radius 2 is 1.84 bits per heavy atom.